The van der Waals surface area contributed by atoms with Crippen LogP contribution in [0.5, 0.6) is 0 Å². The number of carbonyl (C=O) groups excluding carboxylic acids is 1. The van der Waals surface area contributed by atoms with Crippen LogP contribution in [0.25, 0.3) is 0 Å². The van der Waals surface area contributed by atoms with Gasteiger partial charge in [-0.05, 0) is 62.4 Å². The van der Waals surface area contributed by atoms with Crippen LogP contribution >= 0.6 is 11.6 Å². The van der Waals surface area contributed by atoms with Gasteiger partial charge in [0.25, 0.3) is 5.91 Å². The molecule has 4 heteroatoms. The number of benzene rings is 4. The molecular formula is C28H23ClN2O. The predicted molar refractivity (Wildman–Crippen MR) is 133 cm³/mol. The molecule has 0 unspecified atom stereocenters. The van der Waals surface area contributed by atoms with Gasteiger partial charge in [0, 0.05) is 16.1 Å². The zero-order chi connectivity index (χ0) is 22.5. The lowest BCUT2D eigenvalue weighted by atomic mass is 10.1. The molecule has 0 aliphatic heterocycles. The third-order valence-electron chi connectivity index (χ3n) is 5.10. The maximum absolute atomic E-state index is 13.8. The maximum atomic E-state index is 13.8. The molecular weight excluding hydrogens is 416 g/mol. The Hall–Kier alpha value is -3.69. The van der Waals surface area contributed by atoms with Gasteiger partial charge in [-0.3, -0.25) is 9.69 Å². The van der Waals surface area contributed by atoms with Gasteiger partial charge in [-0.15, -0.1) is 0 Å². The van der Waals surface area contributed by atoms with Gasteiger partial charge in [-0.25, -0.2) is 4.99 Å². The largest absolute Gasteiger partial charge is 0.268 e. The van der Waals surface area contributed by atoms with Crippen molar-refractivity contribution in [2.45, 2.75) is 13.8 Å². The highest BCUT2D eigenvalue weighted by Gasteiger charge is 2.24. The number of hydrogen-bond donors (Lipinski definition) is 0. The minimum atomic E-state index is -0.180. The second-order valence-corrected chi connectivity index (χ2v) is 8.06. The molecule has 0 spiro atoms. The zero-order valence-electron chi connectivity index (χ0n) is 18.0. The molecule has 4 aromatic carbocycles. The molecule has 158 valence electrons. The number of hydrogen-bond acceptors (Lipinski definition) is 2. The summed E-state index contributed by atoms with van der Waals surface area (Å²) in [5, 5.41) is 0.583. The summed E-state index contributed by atoms with van der Waals surface area (Å²) in [5.74, 6) is 0.374. The van der Waals surface area contributed by atoms with Crippen molar-refractivity contribution in [3.05, 3.63) is 130 Å². The minimum absolute atomic E-state index is 0.180. The molecule has 0 aromatic heterocycles. The van der Waals surface area contributed by atoms with E-state index in [9.17, 15) is 4.79 Å². The smallest absolute Gasteiger partial charge is 0.264 e. The van der Waals surface area contributed by atoms with Gasteiger partial charge >= 0.3 is 0 Å². The summed E-state index contributed by atoms with van der Waals surface area (Å²) < 4.78 is 0. The van der Waals surface area contributed by atoms with Crippen LogP contribution in [0.2, 0.25) is 5.02 Å². The Morgan fingerprint density at radius 1 is 0.688 bits per heavy atom. The first kappa shape index (κ1) is 21.5. The van der Waals surface area contributed by atoms with Crippen LogP contribution < -0.4 is 4.90 Å². The molecule has 1 amide bonds. The number of nitrogens with zero attached hydrogens (tertiary/aromatic N) is 2. The monoisotopic (exact) mass is 438 g/mol. The number of aryl methyl sites for hydroxylation is 2. The van der Waals surface area contributed by atoms with E-state index in [2.05, 4.69) is 0 Å². The van der Waals surface area contributed by atoms with E-state index >= 15 is 0 Å². The minimum Gasteiger partial charge on any atom is -0.268 e. The number of carbonyl (C=O) groups is 1. The van der Waals surface area contributed by atoms with Crippen LogP contribution in [-0.2, 0) is 0 Å². The van der Waals surface area contributed by atoms with E-state index in [-0.39, 0.29) is 5.91 Å². The molecule has 4 rings (SSSR count). The first-order valence-electron chi connectivity index (χ1n) is 10.4. The molecule has 0 N–H and O–H groups in total. The Morgan fingerprint density at radius 2 is 1.25 bits per heavy atom. The van der Waals surface area contributed by atoms with Crippen molar-refractivity contribution in [1.29, 1.82) is 0 Å². The maximum Gasteiger partial charge on any atom is 0.264 e. The van der Waals surface area contributed by atoms with Gasteiger partial charge in [0.15, 0.2) is 0 Å². The van der Waals surface area contributed by atoms with E-state index in [1.165, 1.54) is 0 Å². The van der Waals surface area contributed by atoms with Crippen LogP contribution in [-0.4, -0.2) is 11.7 Å². The molecule has 0 radical (unpaired) electrons. The van der Waals surface area contributed by atoms with E-state index in [0.717, 1.165) is 28.1 Å². The van der Waals surface area contributed by atoms with Crippen molar-refractivity contribution >= 4 is 34.7 Å². The Morgan fingerprint density at radius 3 is 1.84 bits per heavy atom. The molecule has 0 bridgehead atoms. The average Bonchev–Trinajstić information content (AvgIpc) is 2.82. The Labute approximate surface area is 193 Å². The van der Waals surface area contributed by atoms with Gasteiger partial charge < -0.3 is 0 Å². The lowest BCUT2D eigenvalue weighted by Crippen LogP contribution is -2.37. The summed E-state index contributed by atoms with van der Waals surface area (Å²) in [6.07, 6.45) is 0. The van der Waals surface area contributed by atoms with Crippen molar-refractivity contribution in [3.8, 4) is 0 Å². The molecule has 0 aliphatic rings. The summed E-state index contributed by atoms with van der Waals surface area (Å²) in [6.45, 7) is 4.06. The number of anilines is 1. The number of aliphatic imine (C=N–C) groups is 1. The summed E-state index contributed by atoms with van der Waals surface area (Å²) in [5.41, 5.74) is 5.15. The predicted octanol–water partition coefficient (Wildman–Crippen LogP) is 7.38. The number of amidine groups is 1. The van der Waals surface area contributed by atoms with Crippen LogP contribution in [0.3, 0.4) is 0 Å². The van der Waals surface area contributed by atoms with Crippen LogP contribution in [0.1, 0.15) is 27.0 Å². The Balaban J connectivity index is 1.91. The second-order valence-electron chi connectivity index (χ2n) is 7.62. The normalized spacial score (nSPS) is 11.3. The fourth-order valence-electron chi connectivity index (χ4n) is 3.32. The van der Waals surface area contributed by atoms with Crippen molar-refractivity contribution in [1.82, 2.24) is 0 Å². The third kappa shape index (κ3) is 4.96. The Kier molecular flexibility index (Phi) is 6.48. The summed E-state index contributed by atoms with van der Waals surface area (Å²) in [7, 11) is 0. The fourth-order valence-corrected chi connectivity index (χ4v) is 3.45. The van der Waals surface area contributed by atoms with Crippen LogP contribution in [0.4, 0.5) is 11.4 Å². The van der Waals surface area contributed by atoms with E-state index in [1.807, 2.05) is 92.7 Å². The van der Waals surface area contributed by atoms with E-state index in [1.54, 1.807) is 29.2 Å². The van der Waals surface area contributed by atoms with Crippen molar-refractivity contribution < 1.29 is 4.79 Å². The molecule has 0 heterocycles. The molecule has 32 heavy (non-hydrogen) atoms. The topological polar surface area (TPSA) is 32.7 Å². The van der Waals surface area contributed by atoms with Gasteiger partial charge in [0.2, 0.25) is 0 Å². The molecule has 0 saturated carbocycles. The van der Waals surface area contributed by atoms with Crippen molar-refractivity contribution in [2.75, 3.05) is 4.90 Å². The highest BCUT2D eigenvalue weighted by atomic mass is 35.5. The van der Waals surface area contributed by atoms with Gasteiger partial charge in [-0.2, -0.15) is 0 Å². The lowest BCUT2D eigenvalue weighted by molar-refractivity contribution is 0.100. The number of amides is 1. The molecule has 0 saturated heterocycles. The second kappa shape index (κ2) is 9.63. The first-order valence-corrected chi connectivity index (χ1v) is 10.8. The third-order valence-corrected chi connectivity index (χ3v) is 5.35. The summed E-state index contributed by atoms with van der Waals surface area (Å²) >= 11 is 6.06. The number of halogens is 1. The van der Waals surface area contributed by atoms with Gasteiger partial charge in [0.1, 0.15) is 5.84 Å². The number of rotatable bonds is 4. The average molecular weight is 439 g/mol. The quantitative estimate of drug-likeness (QED) is 0.241. The van der Waals surface area contributed by atoms with Crippen LogP contribution in [0.15, 0.2) is 108 Å². The Bertz CT molecular complexity index is 1230. The standard InChI is InChI=1S/C28H23ClN2O/c1-20-8-16-25(17-9-20)30-27(22-6-4-3-5-7-22)31(26-18-10-21(2)11-19-26)28(32)23-12-14-24(29)15-13-23/h3-19H,1-2H3. The fraction of sp³-hybridized carbons (Fsp3) is 0.0714. The summed E-state index contributed by atoms with van der Waals surface area (Å²) in [4.78, 5) is 20.4. The van der Waals surface area contributed by atoms with E-state index < -0.39 is 0 Å². The molecule has 4 aromatic rings. The molecule has 3 nitrogen and oxygen atoms in total. The highest BCUT2D eigenvalue weighted by molar-refractivity contribution is 6.31. The van der Waals surface area contributed by atoms with Crippen molar-refractivity contribution in [3.63, 3.8) is 0 Å². The summed E-state index contributed by atoms with van der Waals surface area (Å²) in [6, 6.07) is 32.5. The molecule has 0 aliphatic carbocycles. The zero-order valence-corrected chi connectivity index (χ0v) is 18.8. The lowest BCUT2D eigenvalue weighted by Gasteiger charge is -2.25. The highest BCUT2D eigenvalue weighted by Crippen LogP contribution is 2.25. The van der Waals surface area contributed by atoms with Crippen LogP contribution in [0, 0.1) is 13.8 Å². The van der Waals surface area contributed by atoms with E-state index in [4.69, 9.17) is 16.6 Å². The van der Waals surface area contributed by atoms with Gasteiger partial charge in [0.05, 0.1) is 11.4 Å². The molecule has 0 fully saturated rings. The molecule has 0 atom stereocenters. The van der Waals surface area contributed by atoms with Gasteiger partial charge in [-0.1, -0.05) is 77.3 Å². The first-order chi connectivity index (χ1) is 15.5. The van der Waals surface area contributed by atoms with E-state index in [0.29, 0.717) is 16.4 Å². The SMILES string of the molecule is Cc1ccc(N=C(c2ccccc2)N(C(=O)c2ccc(Cl)cc2)c2ccc(C)cc2)cc1. The van der Waals surface area contributed by atoms with Crippen molar-refractivity contribution in [2.24, 2.45) is 4.99 Å².